The minimum atomic E-state index is -4.32. The van der Waals surface area contributed by atoms with Gasteiger partial charge < -0.3 is 10.6 Å². The molecule has 7 heteroatoms. The Hall–Kier alpha value is -0.490. The molecule has 1 saturated heterocycles. The largest absolute Gasteiger partial charge is 0.405 e. The van der Waals surface area contributed by atoms with Crippen molar-refractivity contribution in [2.45, 2.75) is 31.1 Å². The van der Waals surface area contributed by atoms with Crippen LogP contribution in [0.4, 0.5) is 13.2 Å². The molecule has 1 aliphatic carbocycles. The first-order valence-electron chi connectivity index (χ1n) is 4.56. The first kappa shape index (κ1) is 12.6. The topological polar surface area (TPSA) is 41.1 Å². The van der Waals surface area contributed by atoms with Crippen LogP contribution < -0.4 is 10.6 Å². The fourth-order valence-electron chi connectivity index (χ4n) is 1.83. The maximum Gasteiger partial charge on any atom is 0.405 e. The normalized spacial score (nSPS) is 32.9. The van der Waals surface area contributed by atoms with E-state index in [9.17, 15) is 18.0 Å². The number of halogens is 4. The molecule has 3 atom stereocenters. The standard InChI is InChI=1S/C8H11F3N2O.ClH/c9-8(10,11)3-12-7(14)6-2-4-1-5(4)13-6;/h4-6,13H,1-3H2,(H,12,14);1H/t4-,5-,6+;/m1./s1. The minimum Gasteiger partial charge on any atom is -0.346 e. The van der Waals surface area contributed by atoms with Crippen molar-refractivity contribution in [3.63, 3.8) is 0 Å². The van der Waals surface area contributed by atoms with Crippen molar-refractivity contribution in [2.24, 2.45) is 5.92 Å². The molecule has 3 nitrogen and oxygen atoms in total. The summed E-state index contributed by atoms with van der Waals surface area (Å²) in [6, 6.07) is -0.0438. The molecule has 2 aliphatic rings. The molecule has 0 unspecified atom stereocenters. The molecule has 1 amide bonds. The second-order valence-corrected chi connectivity index (χ2v) is 3.89. The Bertz CT molecular complexity index is 249. The van der Waals surface area contributed by atoms with Crippen molar-refractivity contribution in [3.05, 3.63) is 0 Å². The number of carbonyl (C=O) groups excluding carboxylic acids is 1. The molecule has 2 rings (SSSR count). The maximum absolute atomic E-state index is 11.8. The summed E-state index contributed by atoms with van der Waals surface area (Å²) < 4.78 is 35.3. The highest BCUT2D eigenvalue weighted by Gasteiger charge is 2.48. The number of piperidine rings is 1. The van der Waals surface area contributed by atoms with Gasteiger partial charge in [0.2, 0.25) is 5.91 Å². The molecule has 1 heterocycles. The molecule has 2 fully saturated rings. The van der Waals surface area contributed by atoms with E-state index in [1.165, 1.54) is 0 Å². The molecule has 2 N–H and O–H groups in total. The number of hydrogen-bond acceptors (Lipinski definition) is 2. The lowest BCUT2D eigenvalue weighted by molar-refractivity contribution is -0.139. The molecule has 88 valence electrons. The molecule has 15 heavy (non-hydrogen) atoms. The van der Waals surface area contributed by atoms with E-state index in [2.05, 4.69) is 5.32 Å². The number of rotatable bonds is 2. The van der Waals surface area contributed by atoms with Crippen LogP contribution in [0.2, 0.25) is 0 Å². The zero-order valence-corrected chi connectivity index (χ0v) is 8.62. The van der Waals surface area contributed by atoms with Crippen LogP contribution in [0.15, 0.2) is 0 Å². The maximum atomic E-state index is 11.8. The molecule has 0 radical (unpaired) electrons. The Morgan fingerprint density at radius 3 is 2.53 bits per heavy atom. The number of nitrogens with one attached hydrogen (secondary N) is 2. The molecule has 0 aromatic carbocycles. The first-order chi connectivity index (χ1) is 6.46. The molecule has 0 aromatic rings. The van der Waals surface area contributed by atoms with Gasteiger partial charge in [0.15, 0.2) is 0 Å². The first-order valence-corrected chi connectivity index (χ1v) is 4.56. The fraction of sp³-hybridized carbons (Fsp3) is 0.875. The van der Waals surface area contributed by atoms with Gasteiger partial charge >= 0.3 is 6.18 Å². The van der Waals surface area contributed by atoms with Crippen molar-refractivity contribution in [2.75, 3.05) is 6.54 Å². The van der Waals surface area contributed by atoms with Gasteiger partial charge in [-0.2, -0.15) is 13.2 Å². The number of hydrogen-bond donors (Lipinski definition) is 2. The van der Waals surface area contributed by atoms with Gasteiger partial charge in [-0.3, -0.25) is 4.79 Å². The number of amides is 1. The van der Waals surface area contributed by atoms with E-state index in [-0.39, 0.29) is 12.4 Å². The molecule has 0 spiro atoms. The lowest BCUT2D eigenvalue weighted by atomic mass is 10.2. The molecular weight excluding hydrogens is 233 g/mol. The average molecular weight is 245 g/mol. The Labute approximate surface area is 91.2 Å². The molecule has 1 saturated carbocycles. The lowest BCUT2D eigenvalue weighted by Crippen LogP contribution is -2.45. The number of fused-ring (bicyclic) bond motifs is 1. The molecule has 1 aliphatic heterocycles. The van der Waals surface area contributed by atoms with Gasteiger partial charge in [-0.05, 0) is 18.8 Å². The number of alkyl halides is 3. The third-order valence-electron chi connectivity index (χ3n) is 2.66. The van der Waals surface area contributed by atoms with Gasteiger partial charge in [0.1, 0.15) is 6.54 Å². The SMILES string of the molecule is Cl.O=C(NCC(F)(F)F)[C@@H]1C[C@H]2C[C@H]2N1. The van der Waals surface area contributed by atoms with Crippen LogP contribution in [0.3, 0.4) is 0 Å². The van der Waals surface area contributed by atoms with Gasteiger partial charge in [-0.25, -0.2) is 0 Å². The second-order valence-electron chi connectivity index (χ2n) is 3.89. The molecular formula is C8H12ClF3N2O. The summed E-state index contributed by atoms with van der Waals surface area (Å²) in [5.74, 6) is -0.0221. The van der Waals surface area contributed by atoms with E-state index in [0.29, 0.717) is 18.4 Å². The summed E-state index contributed by atoms with van der Waals surface area (Å²) in [5, 5.41) is 4.86. The zero-order chi connectivity index (χ0) is 10.3. The highest BCUT2D eigenvalue weighted by atomic mass is 35.5. The van der Waals surface area contributed by atoms with Crippen LogP contribution in [-0.2, 0) is 4.79 Å². The Kier molecular flexibility index (Phi) is 3.50. The highest BCUT2D eigenvalue weighted by molar-refractivity contribution is 5.85. The van der Waals surface area contributed by atoms with Gasteiger partial charge in [-0.15, -0.1) is 12.4 Å². The summed E-state index contributed by atoms with van der Waals surface area (Å²) >= 11 is 0. The third kappa shape index (κ3) is 3.24. The van der Waals surface area contributed by atoms with Crippen molar-refractivity contribution in [1.82, 2.24) is 10.6 Å². The Morgan fingerprint density at radius 1 is 1.40 bits per heavy atom. The smallest absolute Gasteiger partial charge is 0.346 e. The lowest BCUT2D eigenvalue weighted by Gasteiger charge is -2.14. The second kappa shape index (κ2) is 4.17. The van der Waals surface area contributed by atoms with Gasteiger partial charge in [0.25, 0.3) is 0 Å². The van der Waals surface area contributed by atoms with E-state index >= 15 is 0 Å². The molecule has 0 aromatic heterocycles. The van der Waals surface area contributed by atoms with Crippen LogP contribution in [0, 0.1) is 5.92 Å². The Balaban J connectivity index is 0.00000112. The van der Waals surface area contributed by atoms with Crippen molar-refractivity contribution in [1.29, 1.82) is 0 Å². The van der Waals surface area contributed by atoms with Crippen molar-refractivity contribution in [3.8, 4) is 0 Å². The van der Waals surface area contributed by atoms with Crippen LogP contribution in [0.1, 0.15) is 12.8 Å². The summed E-state index contributed by atoms with van der Waals surface area (Å²) in [4.78, 5) is 11.2. The monoisotopic (exact) mass is 244 g/mol. The van der Waals surface area contributed by atoms with Gasteiger partial charge in [0, 0.05) is 6.04 Å². The fourth-order valence-corrected chi connectivity index (χ4v) is 1.83. The van der Waals surface area contributed by atoms with Gasteiger partial charge in [0.05, 0.1) is 6.04 Å². The van der Waals surface area contributed by atoms with E-state index in [1.54, 1.807) is 0 Å². The summed E-state index contributed by atoms with van der Waals surface area (Å²) in [5.41, 5.74) is 0. The quantitative estimate of drug-likeness (QED) is 0.756. The van der Waals surface area contributed by atoms with Crippen molar-refractivity contribution < 1.29 is 18.0 Å². The summed E-state index contributed by atoms with van der Waals surface area (Å²) in [6.45, 7) is -1.24. The van der Waals surface area contributed by atoms with E-state index < -0.39 is 24.7 Å². The van der Waals surface area contributed by atoms with Crippen molar-refractivity contribution >= 4 is 18.3 Å². The van der Waals surface area contributed by atoms with Crippen LogP contribution in [0.5, 0.6) is 0 Å². The minimum absolute atomic E-state index is 0. The average Bonchev–Trinajstić information content (AvgIpc) is 2.68. The number of carbonyl (C=O) groups is 1. The zero-order valence-electron chi connectivity index (χ0n) is 7.80. The predicted molar refractivity (Wildman–Crippen MR) is 49.7 cm³/mol. The van der Waals surface area contributed by atoms with Crippen LogP contribution >= 0.6 is 12.4 Å². The molecule has 0 bridgehead atoms. The van der Waals surface area contributed by atoms with E-state index in [1.807, 2.05) is 5.32 Å². The third-order valence-corrected chi connectivity index (χ3v) is 2.66. The summed E-state index contributed by atoms with van der Waals surface area (Å²) in [6.07, 6.45) is -2.59. The highest BCUT2D eigenvalue weighted by Crippen LogP contribution is 2.40. The Morgan fingerprint density at radius 2 is 2.07 bits per heavy atom. The van der Waals surface area contributed by atoms with Crippen LogP contribution in [0.25, 0.3) is 0 Å². The van der Waals surface area contributed by atoms with Gasteiger partial charge in [-0.1, -0.05) is 0 Å². The van der Waals surface area contributed by atoms with E-state index in [0.717, 1.165) is 6.42 Å². The predicted octanol–water partition coefficient (Wildman–Crippen LogP) is 0.837. The summed E-state index contributed by atoms with van der Waals surface area (Å²) in [7, 11) is 0. The van der Waals surface area contributed by atoms with E-state index in [4.69, 9.17) is 0 Å². The van der Waals surface area contributed by atoms with Crippen LogP contribution in [-0.4, -0.2) is 30.7 Å².